The second-order valence-electron chi connectivity index (χ2n) is 14.2. The lowest BCUT2D eigenvalue weighted by Crippen LogP contribution is -2.51. The van der Waals surface area contributed by atoms with Crippen LogP contribution >= 0.6 is 23.2 Å². The number of carboxylic acids is 1. The van der Waals surface area contributed by atoms with Crippen LogP contribution in [0.2, 0.25) is 10.0 Å². The second kappa shape index (κ2) is 13.8. The van der Waals surface area contributed by atoms with Gasteiger partial charge in [-0.25, -0.2) is 0 Å². The molecule has 264 valence electrons. The Morgan fingerprint density at radius 2 is 1.39 bits per heavy atom. The van der Waals surface area contributed by atoms with E-state index >= 15 is 0 Å². The summed E-state index contributed by atoms with van der Waals surface area (Å²) in [4.78, 5) is 25.4. The zero-order chi connectivity index (χ0) is 35.4. The highest BCUT2D eigenvalue weighted by Crippen LogP contribution is 2.49. The maximum atomic E-state index is 11.7. The Bertz CT molecular complexity index is 2040. The van der Waals surface area contributed by atoms with E-state index in [1.807, 2.05) is 36.4 Å². The average molecular weight is 727 g/mol. The van der Waals surface area contributed by atoms with Crippen LogP contribution < -0.4 is 20.1 Å². The van der Waals surface area contributed by atoms with Gasteiger partial charge in [0.05, 0.1) is 30.2 Å². The monoisotopic (exact) mass is 725 g/mol. The van der Waals surface area contributed by atoms with Gasteiger partial charge in [0.2, 0.25) is 5.91 Å². The fraction of sp³-hybridized carbons (Fsp3) is 0.366. The van der Waals surface area contributed by atoms with Crippen LogP contribution in [0.3, 0.4) is 0 Å². The summed E-state index contributed by atoms with van der Waals surface area (Å²) in [7, 11) is 3.40. The minimum atomic E-state index is -0.728. The molecule has 0 saturated carbocycles. The zero-order valence-electron chi connectivity index (χ0n) is 28.7. The van der Waals surface area contributed by atoms with E-state index in [4.69, 9.17) is 32.7 Å². The number of hydrogen-bond donors (Lipinski definition) is 3. The molecule has 0 spiro atoms. The topological polar surface area (TPSA) is 100 Å². The molecule has 2 heterocycles. The summed E-state index contributed by atoms with van der Waals surface area (Å²) in [6.07, 6.45) is 5.17. The summed E-state index contributed by atoms with van der Waals surface area (Å²) >= 11 is 14.5. The summed E-state index contributed by atoms with van der Waals surface area (Å²) in [5.74, 6) is 0.733. The van der Waals surface area contributed by atoms with E-state index in [0.29, 0.717) is 29.6 Å². The van der Waals surface area contributed by atoms with Crippen molar-refractivity contribution in [1.29, 1.82) is 0 Å². The molecule has 2 aliphatic carbocycles. The number of methoxy groups -OCH3 is 2. The number of carboxylic acid groups (broad SMARTS) is 1. The molecule has 4 aromatic rings. The summed E-state index contributed by atoms with van der Waals surface area (Å²) in [5.41, 5.74) is 10.2. The molecule has 8 rings (SSSR count). The van der Waals surface area contributed by atoms with Crippen molar-refractivity contribution in [1.82, 2.24) is 15.5 Å². The molecule has 2 unspecified atom stereocenters. The first kappa shape index (κ1) is 34.0. The van der Waals surface area contributed by atoms with Gasteiger partial charge in [0.25, 0.3) is 0 Å². The quantitative estimate of drug-likeness (QED) is 0.153. The van der Waals surface area contributed by atoms with Gasteiger partial charge >= 0.3 is 5.97 Å². The Kier molecular flexibility index (Phi) is 9.21. The number of aliphatic carboxylic acids is 1. The predicted molar refractivity (Wildman–Crippen MR) is 200 cm³/mol. The van der Waals surface area contributed by atoms with Crippen molar-refractivity contribution >= 4 is 35.1 Å². The molecule has 2 saturated heterocycles. The highest BCUT2D eigenvalue weighted by atomic mass is 35.5. The van der Waals surface area contributed by atoms with E-state index in [0.717, 1.165) is 89.1 Å². The number of hydrogen-bond acceptors (Lipinski definition) is 6. The van der Waals surface area contributed by atoms with E-state index in [2.05, 4.69) is 39.8 Å². The van der Waals surface area contributed by atoms with E-state index in [9.17, 15) is 14.7 Å². The lowest BCUT2D eigenvalue weighted by molar-refractivity contribution is -0.148. The fourth-order valence-electron chi connectivity index (χ4n) is 8.62. The molecule has 2 aliphatic heterocycles. The molecule has 0 radical (unpaired) electrons. The zero-order valence-corrected chi connectivity index (χ0v) is 30.2. The van der Waals surface area contributed by atoms with Gasteiger partial charge < -0.3 is 25.2 Å². The van der Waals surface area contributed by atoms with Crippen LogP contribution in [0.1, 0.15) is 60.0 Å². The molecule has 1 amide bonds. The maximum absolute atomic E-state index is 11.7. The Hall–Kier alpha value is -4.08. The normalized spacial score (nSPS) is 21.3. The first-order valence-corrected chi connectivity index (χ1v) is 18.5. The SMILES string of the molecule is COc1cc(-c2cccc(-c3cccc(-c4cc5c(c(OC)c4)C(N4CC(C(=O)O)C4)CC5)c3Cl)c2Cl)cc2c1C(NC[C@@H]1CCC(=O)N1)CC2. The first-order chi connectivity index (χ1) is 24.7. The van der Waals surface area contributed by atoms with Gasteiger partial charge in [-0.15, -0.1) is 0 Å². The lowest BCUT2D eigenvalue weighted by Gasteiger charge is -2.41. The van der Waals surface area contributed by atoms with Gasteiger partial charge in [0.15, 0.2) is 0 Å². The summed E-state index contributed by atoms with van der Waals surface area (Å²) < 4.78 is 11.9. The number of likely N-dealkylation sites (tertiary alicyclic amines) is 1. The number of nitrogens with zero attached hydrogens (tertiary/aromatic N) is 1. The smallest absolute Gasteiger partial charge is 0.309 e. The van der Waals surface area contributed by atoms with Crippen LogP contribution in [0.25, 0.3) is 33.4 Å². The van der Waals surface area contributed by atoms with Gasteiger partial charge in [0.1, 0.15) is 11.5 Å². The van der Waals surface area contributed by atoms with Crippen molar-refractivity contribution in [3.63, 3.8) is 0 Å². The second-order valence-corrected chi connectivity index (χ2v) is 14.9. The van der Waals surface area contributed by atoms with E-state index in [1.54, 1.807) is 14.2 Å². The highest BCUT2D eigenvalue weighted by molar-refractivity contribution is 6.39. The largest absolute Gasteiger partial charge is 0.496 e. The van der Waals surface area contributed by atoms with Crippen LogP contribution in [0.15, 0.2) is 60.7 Å². The van der Waals surface area contributed by atoms with Crippen molar-refractivity contribution in [2.75, 3.05) is 33.9 Å². The number of amides is 1. The van der Waals surface area contributed by atoms with Crippen molar-refractivity contribution in [2.24, 2.45) is 5.92 Å². The maximum Gasteiger partial charge on any atom is 0.309 e. The number of nitrogens with one attached hydrogen (secondary N) is 2. The van der Waals surface area contributed by atoms with Crippen LogP contribution in [0, 0.1) is 5.92 Å². The van der Waals surface area contributed by atoms with Crippen molar-refractivity contribution in [2.45, 2.75) is 56.7 Å². The number of benzene rings is 4. The summed E-state index contributed by atoms with van der Waals surface area (Å²) in [5, 5.41) is 17.4. The van der Waals surface area contributed by atoms with Crippen LogP contribution in [-0.2, 0) is 22.4 Å². The van der Waals surface area contributed by atoms with Gasteiger partial charge in [-0.1, -0.05) is 71.7 Å². The number of carbonyl (C=O) groups excluding carboxylic acids is 1. The molecule has 4 aliphatic rings. The molecule has 8 nitrogen and oxygen atoms in total. The van der Waals surface area contributed by atoms with Crippen LogP contribution in [0.5, 0.6) is 11.5 Å². The summed E-state index contributed by atoms with van der Waals surface area (Å²) in [6, 6.07) is 21.2. The molecule has 2 fully saturated rings. The average Bonchev–Trinajstić information content (AvgIpc) is 3.84. The Morgan fingerprint density at radius 1 is 0.824 bits per heavy atom. The molecule has 3 atom stereocenters. The molecule has 4 aromatic carbocycles. The third-order valence-electron chi connectivity index (χ3n) is 11.3. The van der Waals surface area contributed by atoms with E-state index < -0.39 is 5.97 Å². The van der Waals surface area contributed by atoms with Crippen LogP contribution in [0.4, 0.5) is 0 Å². The minimum absolute atomic E-state index is 0.127. The lowest BCUT2D eigenvalue weighted by atomic mass is 9.92. The highest BCUT2D eigenvalue weighted by Gasteiger charge is 2.41. The number of ether oxygens (including phenoxy) is 2. The molecule has 0 bridgehead atoms. The molecular formula is C41H41Cl2N3O5. The number of aryl methyl sites for hydroxylation is 2. The predicted octanol–water partition coefficient (Wildman–Crippen LogP) is 7.87. The van der Waals surface area contributed by atoms with Gasteiger partial charge in [-0.05, 0) is 66.5 Å². The number of fused-ring (bicyclic) bond motifs is 2. The Balaban J connectivity index is 1.09. The fourth-order valence-corrected chi connectivity index (χ4v) is 9.29. The third kappa shape index (κ3) is 6.16. The first-order valence-electron chi connectivity index (χ1n) is 17.7. The third-order valence-corrected chi connectivity index (χ3v) is 12.1. The number of carbonyl (C=O) groups is 2. The van der Waals surface area contributed by atoms with Gasteiger partial charge in [0, 0.05) is 77.6 Å². The molecule has 0 aromatic heterocycles. The van der Waals surface area contributed by atoms with Gasteiger partial charge in [-0.2, -0.15) is 0 Å². The summed E-state index contributed by atoms with van der Waals surface area (Å²) in [6.45, 7) is 1.87. The molecule has 3 N–H and O–H groups in total. The minimum Gasteiger partial charge on any atom is -0.496 e. The molecule has 10 heteroatoms. The number of rotatable bonds is 10. The Labute approximate surface area is 308 Å². The Morgan fingerprint density at radius 3 is 1.96 bits per heavy atom. The van der Waals surface area contributed by atoms with E-state index in [1.165, 1.54) is 16.7 Å². The van der Waals surface area contributed by atoms with Gasteiger partial charge in [-0.3, -0.25) is 14.5 Å². The van der Waals surface area contributed by atoms with Crippen molar-refractivity contribution in [3.05, 3.63) is 93.0 Å². The van der Waals surface area contributed by atoms with Crippen molar-refractivity contribution < 1.29 is 24.2 Å². The van der Waals surface area contributed by atoms with E-state index in [-0.39, 0.29) is 30.0 Å². The number of halogens is 2. The van der Waals surface area contributed by atoms with Crippen LogP contribution in [-0.4, -0.2) is 61.8 Å². The standard InChI is InChI=1S/C41H41Cl2N3O5/c1-50-34-17-24(15-22-9-12-32(37(22)34)44-19-27-11-14-36(47)45-27)28-5-3-7-30(39(28)42)31-8-4-6-29(40(31)43)25-16-23-10-13-33(38(23)35(18-25)51-2)46-20-26(21-46)41(48)49/h3-8,15-18,26-27,32-33,44H,9-14,19-21H2,1-2H3,(H,45,47)(H,48,49)/t27-,32?,33?/m0/s1. The van der Waals surface area contributed by atoms with Crippen molar-refractivity contribution in [3.8, 4) is 44.9 Å². The molecular weight excluding hydrogens is 685 g/mol. The molecule has 51 heavy (non-hydrogen) atoms.